The second-order valence-corrected chi connectivity index (χ2v) is 5.90. The maximum Gasteiger partial charge on any atom is 0.391 e. The van der Waals surface area contributed by atoms with Gasteiger partial charge in [0.2, 0.25) is 0 Å². The average Bonchev–Trinajstić information content (AvgIpc) is 2.38. The van der Waals surface area contributed by atoms with E-state index >= 15 is 0 Å². The number of aryl methyl sites for hydroxylation is 1. The number of benzene rings is 1. The Labute approximate surface area is 118 Å². The van der Waals surface area contributed by atoms with Crippen molar-refractivity contribution in [3.63, 3.8) is 0 Å². The maximum absolute atomic E-state index is 12.8. The fraction of sp³-hybridized carbons (Fsp3) is 0.625. The lowest BCUT2D eigenvalue weighted by Crippen LogP contribution is -2.39. The summed E-state index contributed by atoms with van der Waals surface area (Å²) in [4.78, 5) is 0. The molecule has 0 aromatic heterocycles. The van der Waals surface area contributed by atoms with Crippen LogP contribution in [0.4, 0.5) is 13.2 Å². The van der Waals surface area contributed by atoms with Gasteiger partial charge in [-0.1, -0.05) is 36.2 Å². The molecule has 1 aromatic carbocycles. The quantitative estimate of drug-likeness (QED) is 0.843. The number of rotatable bonds is 3. The minimum absolute atomic E-state index is 0.0362. The van der Waals surface area contributed by atoms with E-state index in [1.807, 2.05) is 32.0 Å². The van der Waals surface area contributed by atoms with Crippen LogP contribution in [0.1, 0.15) is 49.8 Å². The van der Waals surface area contributed by atoms with Crippen molar-refractivity contribution < 1.29 is 13.2 Å². The molecule has 2 unspecified atom stereocenters. The van der Waals surface area contributed by atoms with E-state index in [9.17, 15) is 13.2 Å². The van der Waals surface area contributed by atoms with E-state index in [0.29, 0.717) is 6.42 Å². The van der Waals surface area contributed by atoms with Crippen LogP contribution in [0.25, 0.3) is 0 Å². The van der Waals surface area contributed by atoms with Crippen molar-refractivity contribution in [1.29, 1.82) is 0 Å². The Morgan fingerprint density at radius 1 is 1.25 bits per heavy atom. The highest BCUT2D eigenvalue weighted by Gasteiger charge is 2.42. The molecule has 112 valence electrons. The van der Waals surface area contributed by atoms with Gasteiger partial charge < -0.3 is 5.32 Å². The summed E-state index contributed by atoms with van der Waals surface area (Å²) in [6.45, 7) is 4.04. The van der Waals surface area contributed by atoms with Gasteiger partial charge in [0.15, 0.2) is 0 Å². The number of alkyl halides is 3. The fourth-order valence-electron chi connectivity index (χ4n) is 3.03. The molecule has 1 aliphatic rings. The van der Waals surface area contributed by atoms with E-state index in [-0.39, 0.29) is 24.9 Å². The molecule has 1 nitrogen and oxygen atoms in total. The van der Waals surface area contributed by atoms with Crippen molar-refractivity contribution in [3.05, 3.63) is 35.4 Å². The van der Waals surface area contributed by atoms with Crippen molar-refractivity contribution in [1.82, 2.24) is 5.32 Å². The van der Waals surface area contributed by atoms with E-state index in [4.69, 9.17) is 0 Å². The summed E-state index contributed by atoms with van der Waals surface area (Å²) < 4.78 is 38.4. The van der Waals surface area contributed by atoms with Crippen LogP contribution in [-0.2, 0) is 0 Å². The lowest BCUT2D eigenvalue weighted by atomic mass is 9.84. The van der Waals surface area contributed by atoms with Gasteiger partial charge in [-0.15, -0.1) is 0 Å². The average molecular weight is 285 g/mol. The monoisotopic (exact) mass is 285 g/mol. The van der Waals surface area contributed by atoms with Crippen LogP contribution >= 0.6 is 0 Å². The van der Waals surface area contributed by atoms with Gasteiger partial charge in [0.25, 0.3) is 0 Å². The zero-order valence-corrected chi connectivity index (χ0v) is 12.0. The first-order valence-electron chi connectivity index (χ1n) is 7.25. The number of halogens is 3. The van der Waals surface area contributed by atoms with Gasteiger partial charge in [-0.2, -0.15) is 13.2 Å². The zero-order chi connectivity index (χ0) is 14.8. The van der Waals surface area contributed by atoms with Crippen LogP contribution in [0.2, 0.25) is 0 Å². The molecule has 1 aromatic rings. The summed E-state index contributed by atoms with van der Waals surface area (Å²) in [5, 5.41) is 3.36. The molecule has 4 heteroatoms. The van der Waals surface area contributed by atoms with E-state index < -0.39 is 12.1 Å². The lowest BCUT2D eigenvalue weighted by Gasteiger charge is -2.33. The van der Waals surface area contributed by atoms with Gasteiger partial charge in [0.1, 0.15) is 0 Å². The van der Waals surface area contributed by atoms with Gasteiger partial charge in [0.05, 0.1) is 5.92 Å². The van der Waals surface area contributed by atoms with Gasteiger partial charge in [-0.25, -0.2) is 0 Å². The molecule has 0 aliphatic heterocycles. The fourth-order valence-corrected chi connectivity index (χ4v) is 3.03. The van der Waals surface area contributed by atoms with E-state index in [1.165, 1.54) is 5.56 Å². The standard InChI is InChI=1S/C16H22F3N/c1-11-5-3-6-13(9-11)12(2)20-15-8-4-7-14(10-15)16(17,18)19/h3,5-6,9,12,14-15,20H,4,7-8,10H2,1-2H3/t12-,14?,15?/m1/s1. The highest BCUT2D eigenvalue weighted by molar-refractivity contribution is 5.24. The molecule has 1 N–H and O–H groups in total. The summed E-state index contributed by atoms with van der Waals surface area (Å²) in [6.07, 6.45) is -2.07. The van der Waals surface area contributed by atoms with Crippen molar-refractivity contribution >= 4 is 0 Å². The normalized spacial score (nSPS) is 25.4. The molecule has 2 rings (SSSR count). The second kappa shape index (κ2) is 6.17. The topological polar surface area (TPSA) is 12.0 Å². The molecule has 0 radical (unpaired) electrons. The molecule has 0 bridgehead atoms. The highest BCUT2D eigenvalue weighted by Crippen LogP contribution is 2.38. The van der Waals surface area contributed by atoms with Gasteiger partial charge >= 0.3 is 6.18 Å². The first kappa shape index (κ1) is 15.4. The number of nitrogens with one attached hydrogen (secondary N) is 1. The van der Waals surface area contributed by atoms with Crippen LogP contribution in [0.15, 0.2) is 24.3 Å². The first-order valence-corrected chi connectivity index (χ1v) is 7.25. The molecule has 3 atom stereocenters. The third kappa shape index (κ3) is 3.98. The van der Waals surface area contributed by atoms with Crippen LogP contribution < -0.4 is 5.32 Å². The summed E-state index contributed by atoms with van der Waals surface area (Å²) in [6, 6.07) is 8.17. The summed E-state index contributed by atoms with van der Waals surface area (Å²) in [5.74, 6) is -1.14. The second-order valence-electron chi connectivity index (χ2n) is 5.90. The highest BCUT2D eigenvalue weighted by atomic mass is 19.4. The van der Waals surface area contributed by atoms with Gasteiger partial charge in [-0.05, 0) is 38.7 Å². The molecule has 1 saturated carbocycles. The third-order valence-corrected chi connectivity index (χ3v) is 4.16. The molecule has 1 aliphatic carbocycles. The van der Waals surface area contributed by atoms with Crippen molar-refractivity contribution in [2.45, 2.75) is 57.8 Å². The van der Waals surface area contributed by atoms with Crippen LogP contribution in [0.5, 0.6) is 0 Å². The van der Waals surface area contributed by atoms with Crippen molar-refractivity contribution in [2.24, 2.45) is 5.92 Å². The predicted octanol–water partition coefficient (Wildman–Crippen LogP) is 4.77. The number of hydrogen-bond acceptors (Lipinski definition) is 1. The summed E-state index contributed by atoms with van der Waals surface area (Å²) >= 11 is 0. The Kier molecular flexibility index (Phi) is 4.74. The molecule has 20 heavy (non-hydrogen) atoms. The van der Waals surface area contributed by atoms with Crippen LogP contribution in [-0.4, -0.2) is 12.2 Å². The predicted molar refractivity (Wildman–Crippen MR) is 74.5 cm³/mol. The largest absolute Gasteiger partial charge is 0.391 e. The first-order chi connectivity index (χ1) is 9.36. The molecule has 0 saturated heterocycles. The number of hydrogen-bond donors (Lipinski definition) is 1. The molecule has 0 spiro atoms. The van der Waals surface area contributed by atoms with E-state index in [2.05, 4.69) is 11.4 Å². The summed E-state index contributed by atoms with van der Waals surface area (Å²) in [7, 11) is 0. The van der Waals surface area contributed by atoms with Crippen LogP contribution in [0.3, 0.4) is 0 Å². The molecule has 0 heterocycles. The third-order valence-electron chi connectivity index (χ3n) is 4.16. The van der Waals surface area contributed by atoms with E-state index in [0.717, 1.165) is 12.0 Å². The van der Waals surface area contributed by atoms with Gasteiger partial charge in [-0.3, -0.25) is 0 Å². The smallest absolute Gasteiger partial charge is 0.307 e. The molecular weight excluding hydrogens is 263 g/mol. The van der Waals surface area contributed by atoms with Crippen molar-refractivity contribution in [2.75, 3.05) is 0 Å². The van der Waals surface area contributed by atoms with Crippen LogP contribution in [0, 0.1) is 12.8 Å². The molecule has 1 fully saturated rings. The Hall–Kier alpha value is -1.03. The molecular formula is C16H22F3N. The minimum atomic E-state index is -4.05. The van der Waals surface area contributed by atoms with E-state index in [1.54, 1.807) is 0 Å². The Bertz CT molecular complexity index is 442. The summed E-state index contributed by atoms with van der Waals surface area (Å²) in [5.41, 5.74) is 2.31. The lowest BCUT2D eigenvalue weighted by molar-refractivity contribution is -0.183. The Morgan fingerprint density at radius 2 is 2.00 bits per heavy atom. The Balaban J connectivity index is 1.96. The zero-order valence-electron chi connectivity index (χ0n) is 12.0. The Morgan fingerprint density at radius 3 is 2.65 bits per heavy atom. The molecule has 0 amide bonds. The maximum atomic E-state index is 12.8. The van der Waals surface area contributed by atoms with Crippen molar-refractivity contribution in [3.8, 4) is 0 Å². The SMILES string of the molecule is Cc1cccc([C@@H](C)NC2CCCC(C(F)(F)F)C2)c1. The minimum Gasteiger partial charge on any atom is -0.307 e. The van der Waals surface area contributed by atoms with Gasteiger partial charge in [0, 0.05) is 12.1 Å².